The molecule has 3 aromatic rings. The molecule has 1 atom stereocenters. The van der Waals surface area contributed by atoms with Crippen LogP contribution in [0.25, 0.3) is 16.9 Å². The van der Waals surface area contributed by atoms with Crippen LogP contribution in [0.4, 0.5) is 0 Å². The molecule has 1 saturated heterocycles. The number of primary amides is 1. The highest BCUT2D eigenvalue weighted by atomic mass is 16.2. The fraction of sp³-hybridized carbons (Fsp3) is 0.300. The Morgan fingerprint density at radius 2 is 2.00 bits per heavy atom. The molecule has 0 aliphatic carbocycles. The smallest absolute Gasteiger partial charge is 0.271 e. The van der Waals surface area contributed by atoms with Crippen molar-refractivity contribution in [3.63, 3.8) is 0 Å². The normalized spacial score (nSPS) is 17.2. The van der Waals surface area contributed by atoms with E-state index in [1.54, 1.807) is 10.5 Å². The molecule has 7 nitrogen and oxygen atoms in total. The fourth-order valence-corrected chi connectivity index (χ4v) is 3.60. The molecule has 0 radical (unpaired) electrons. The van der Waals surface area contributed by atoms with E-state index in [0.717, 1.165) is 31.5 Å². The van der Waals surface area contributed by atoms with Crippen molar-refractivity contribution < 1.29 is 9.59 Å². The van der Waals surface area contributed by atoms with Gasteiger partial charge >= 0.3 is 0 Å². The lowest BCUT2D eigenvalue weighted by Gasteiger charge is -2.31. The predicted octanol–water partition coefficient (Wildman–Crippen LogP) is 2.37. The highest BCUT2D eigenvalue weighted by Crippen LogP contribution is 2.24. The van der Waals surface area contributed by atoms with Crippen LogP contribution in [-0.4, -0.2) is 44.2 Å². The van der Waals surface area contributed by atoms with Gasteiger partial charge in [-0.05, 0) is 24.8 Å². The molecule has 0 bridgehead atoms. The van der Waals surface area contributed by atoms with Crippen LogP contribution in [0.3, 0.4) is 0 Å². The van der Waals surface area contributed by atoms with Gasteiger partial charge in [-0.3, -0.25) is 14.0 Å². The lowest BCUT2D eigenvalue weighted by atomic mass is 10.00. The highest BCUT2D eigenvalue weighted by molar-refractivity contribution is 5.99. The maximum atomic E-state index is 13.3. The molecule has 2 amide bonds. The first kappa shape index (κ1) is 17.2. The van der Waals surface area contributed by atoms with Gasteiger partial charge in [0, 0.05) is 18.7 Å². The number of likely N-dealkylation sites (tertiary alicyclic amines) is 1. The lowest BCUT2D eigenvalue weighted by Crippen LogP contribution is -2.39. The Bertz CT molecular complexity index is 1010. The molecular weight excluding hydrogens is 342 g/mol. The van der Waals surface area contributed by atoms with Gasteiger partial charge < -0.3 is 10.6 Å². The van der Waals surface area contributed by atoms with Gasteiger partial charge in [0.1, 0.15) is 12.0 Å². The monoisotopic (exact) mass is 363 g/mol. The number of benzene rings is 1. The molecule has 1 aromatic carbocycles. The summed E-state index contributed by atoms with van der Waals surface area (Å²) in [5.41, 5.74) is 7.72. The Kier molecular flexibility index (Phi) is 4.35. The average Bonchev–Trinajstić information content (AvgIpc) is 3.11. The molecular formula is C20H21N5O2. The fourth-order valence-electron chi connectivity index (χ4n) is 3.60. The first-order valence-electron chi connectivity index (χ1n) is 9.07. The third-order valence-corrected chi connectivity index (χ3v) is 4.97. The van der Waals surface area contributed by atoms with Crippen LogP contribution < -0.4 is 5.73 Å². The van der Waals surface area contributed by atoms with Gasteiger partial charge in [0.2, 0.25) is 0 Å². The van der Waals surface area contributed by atoms with Gasteiger partial charge in [0.25, 0.3) is 11.8 Å². The molecule has 1 aliphatic rings. The SMILES string of the molecule is CC1CCCN(C(=O)c2cc(-c3ccccc3)nc3c(C(N)=O)ncn23)C1. The van der Waals surface area contributed by atoms with E-state index in [4.69, 9.17) is 5.73 Å². The first-order chi connectivity index (χ1) is 13.0. The zero-order valence-electron chi connectivity index (χ0n) is 15.1. The zero-order valence-corrected chi connectivity index (χ0v) is 15.1. The van der Waals surface area contributed by atoms with Crippen LogP contribution >= 0.6 is 0 Å². The number of nitrogens with two attached hydrogens (primary N) is 1. The van der Waals surface area contributed by atoms with E-state index in [2.05, 4.69) is 16.9 Å². The second kappa shape index (κ2) is 6.83. The summed E-state index contributed by atoms with van der Waals surface area (Å²) in [4.78, 5) is 35.5. The first-order valence-corrected chi connectivity index (χ1v) is 9.07. The molecule has 1 aliphatic heterocycles. The number of nitrogens with zero attached hydrogens (tertiary/aromatic N) is 4. The van der Waals surface area contributed by atoms with Crippen molar-refractivity contribution in [2.45, 2.75) is 19.8 Å². The third kappa shape index (κ3) is 3.16. The second-order valence-electron chi connectivity index (χ2n) is 7.04. The maximum Gasteiger partial charge on any atom is 0.271 e. The Morgan fingerprint density at radius 3 is 2.70 bits per heavy atom. The van der Waals surface area contributed by atoms with Crippen molar-refractivity contribution in [2.75, 3.05) is 13.1 Å². The van der Waals surface area contributed by atoms with E-state index in [0.29, 0.717) is 23.0 Å². The summed E-state index contributed by atoms with van der Waals surface area (Å²) in [7, 11) is 0. The number of carbonyl (C=O) groups is 2. The standard InChI is InChI=1S/C20H21N5O2/c1-13-6-5-9-24(11-13)20(27)16-10-15(14-7-3-2-4-8-14)23-19-17(18(21)26)22-12-25(16)19/h2-4,7-8,10,12-13H,5-6,9,11H2,1H3,(H2,21,26). The number of carbonyl (C=O) groups excluding carboxylic acids is 2. The number of amides is 2. The van der Waals surface area contributed by atoms with E-state index in [1.807, 2.05) is 35.2 Å². The molecule has 0 saturated carbocycles. The average molecular weight is 363 g/mol. The number of imidazole rings is 1. The predicted molar refractivity (Wildman–Crippen MR) is 101 cm³/mol. The zero-order chi connectivity index (χ0) is 19.0. The van der Waals surface area contributed by atoms with Crippen molar-refractivity contribution in [3.05, 3.63) is 54.1 Å². The summed E-state index contributed by atoms with van der Waals surface area (Å²) in [5, 5.41) is 0. The van der Waals surface area contributed by atoms with Crippen molar-refractivity contribution in [3.8, 4) is 11.3 Å². The van der Waals surface area contributed by atoms with Crippen molar-refractivity contribution >= 4 is 17.5 Å². The van der Waals surface area contributed by atoms with Crippen LogP contribution in [-0.2, 0) is 0 Å². The van der Waals surface area contributed by atoms with Gasteiger partial charge in [-0.25, -0.2) is 9.97 Å². The van der Waals surface area contributed by atoms with Gasteiger partial charge in [-0.1, -0.05) is 37.3 Å². The van der Waals surface area contributed by atoms with Crippen molar-refractivity contribution in [2.24, 2.45) is 11.7 Å². The molecule has 27 heavy (non-hydrogen) atoms. The molecule has 2 aromatic heterocycles. The summed E-state index contributed by atoms with van der Waals surface area (Å²) in [5.74, 6) is -0.280. The minimum Gasteiger partial charge on any atom is -0.364 e. The number of aromatic nitrogens is 3. The lowest BCUT2D eigenvalue weighted by molar-refractivity contribution is 0.0675. The summed E-state index contributed by atoms with van der Waals surface area (Å²) in [6.07, 6.45) is 3.56. The quantitative estimate of drug-likeness (QED) is 0.773. The summed E-state index contributed by atoms with van der Waals surface area (Å²) < 4.78 is 1.56. The van der Waals surface area contributed by atoms with Crippen LogP contribution in [0.2, 0.25) is 0 Å². The van der Waals surface area contributed by atoms with Crippen LogP contribution in [0, 0.1) is 5.92 Å². The summed E-state index contributed by atoms with van der Waals surface area (Å²) in [6.45, 7) is 3.60. The second-order valence-corrected chi connectivity index (χ2v) is 7.04. The van der Waals surface area contributed by atoms with E-state index in [9.17, 15) is 9.59 Å². The van der Waals surface area contributed by atoms with Crippen LogP contribution in [0.5, 0.6) is 0 Å². The Balaban J connectivity index is 1.88. The highest BCUT2D eigenvalue weighted by Gasteiger charge is 2.26. The van der Waals surface area contributed by atoms with E-state index in [1.165, 1.54) is 6.33 Å². The number of hydrogen-bond acceptors (Lipinski definition) is 4. The third-order valence-electron chi connectivity index (χ3n) is 4.97. The number of piperidine rings is 1. The molecule has 2 N–H and O–H groups in total. The molecule has 1 fully saturated rings. The number of fused-ring (bicyclic) bond motifs is 1. The maximum absolute atomic E-state index is 13.3. The minimum absolute atomic E-state index is 0.0637. The molecule has 0 spiro atoms. The van der Waals surface area contributed by atoms with E-state index >= 15 is 0 Å². The molecule has 7 heteroatoms. The van der Waals surface area contributed by atoms with Crippen molar-refractivity contribution in [1.82, 2.24) is 19.3 Å². The Labute approximate surface area is 156 Å². The molecule has 4 rings (SSSR count). The summed E-state index contributed by atoms with van der Waals surface area (Å²) in [6, 6.07) is 11.3. The topological polar surface area (TPSA) is 93.6 Å². The largest absolute Gasteiger partial charge is 0.364 e. The van der Waals surface area contributed by atoms with Crippen LogP contribution in [0.15, 0.2) is 42.7 Å². The van der Waals surface area contributed by atoms with Gasteiger partial charge in [0.05, 0.1) is 5.69 Å². The minimum atomic E-state index is -0.666. The van der Waals surface area contributed by atoms with Crippen LogP contribution in [0.1, 0.15) is 40.7 Å². The Hall–Kier alpha value is -3.22. The molecule has 3 heterocycles. The molecule has 1 unspecified atom stereocenters. The number of rotatable bonds is 3. The van der Waals surface area contributed by atoms with Crippen molar-refractivity contribution in [1.29, 1.82) is 0 Å². The Morgan fingerprint density at radius 1 is 1.22 bits per heavy atom. The van der Waals surface area contributed by atoms with Gasteiger partial charge in [-0.15, -0.1) is 0 Å². The van der Waals surface area contributed by atoms with Gasteiger partial charge in [-0.2, -0.15) is 0 Å². The van der Waals surface area contributed by atoms with Gasteiger partial charge in [0.15, 0.2) is 11.3 Å². The molecule has 138 valence electrons. The number of hydrogen-bond donors (Lipinski definition) is 1. The summed E-state index contributed by atoms with van der Waals surface area (Å²) >= 11 is 0. The van der Waals surface area contributed by atoms with E-state index in [-0.39, 0.29) is 11.6 Å². The van der Waals surface area contributed by atoms with E-state index < -0.39 is 5.91 Å².